The third-order valence-electron chi connectivity index (χ3n) is 3.97. The number of halogens is 1. The Morgan fingerprint density at radius 1 is 1.23 bits per heavy atom. The summed E-state index contributed by atoms with van der Waals surface area (Å²) in [7, 11) is 0. The van der Waals surface area contributed by atoms with E-state index in [-0.39, 0.29) is 6.10 Å². The van der Waals surface area contributed by atoms with Gasteiger partial charge in [-0.2, -0.15) is 4.98 Å². The number of aryl methyl sites for hydroxylation is 1. The topological polar surface area (TPSA) is 52.8 Å². The van der Waals surface area contributed by atoms with Gasteiger partial charge in [0.15, 0.2) is 5.82 Å². The van der Waals surface area contributed by atoms with Gasteiger partial charge in [0.1, 0.15) is 17.0 Å². The van der Waals surface area contributed by atoms with Crippen LogP contribution in [0.1, 0.15) is 25.1 Å². The van der Waals surface area contributed by atoms with E-state index in [9.17, 15) is 0 Å². The highest BCUT2D eigenvalue weighted by Gasteiger charge is 2.21. The molecule has 5 nitrogen and oxygen atoms in total. The lowest BCUT2D eigenvalue weighted by atomic mass is 9.96. The van der Waals surface area contributed by atoms with Gasteiger partial charge in [0.05, 0.1) is 17.2 Å². The molecule has 0 bridgehead atoms. The maximum atomic E-state index is 6.32. The normalized spacial score (nSPS) is 15.0. The molecule has 6 heteroatoms. The van der Waals surface area contributed by atoms with E-state index in [2.05, 4.69) is 15.0 Å². The van der Waals surface area contributed by atoms with Gasteiger partial charge in [-0.15, -0.1) is 0 Å². The molecular weight excluding hydrogens is 300 g/mol. The molecule has 1 fully saturated rings. The molecule has 2 aromatic heterocycles. The van der Waals surface area contributed by atoms with Crippen molar-refractivity contribution in [3.63, 3.8) is 0 Å². The van der Waals surface area contributed by atoms with Crippen molar-refractivity contribution in [2.24, 2.45) is 0 Å². The van der Waals surface area contributed by atoms with E-state index >= 15 is 0 Å². The summed E-state index contributed by atoms with van der Waals surface area (Å²) in [4.78, 5) is 13.2. The average molecular weight is 315 g/mol. The lowest BCUT2D eigenvalue weighted by Gasteiger charge is -2.25. The molecule has 0 saturated heterocycles. The van der Waals surface area contributed by atoms with Gasteiger partial charge in [-0.1, -0.05) is 23.7 Å². The smallest absolute Gasteiger partial charge is 0.318 e. The summed E-state index contributed by atoms with van der Waals surface area (Å²) in [6, 6.07) is 8.29. The maximum absolute atomic E-state index is 6.32. The number of aromatic nitrogens is 4. The number of hydrogen-bond donors (Lipinski definition) is 0. The van der Waals surface area contributed by atoms with Crippen molar-refractivity contribution in [1.82, 2.24) is 19.5 Å². The second-order valence-corrected chi connectivity index (χ2v) is 5.89. The van der Waals surface area contributed by atoms with Gasteiger partial charge in [-0.05, 0) is 38.3 Å². The van der Waals surface area contributed by atoms with Crippen molar-refractivity contribution in [3.05, 3.63) is 41.3 Å². The van der Waals surface area contributed by atoms with Crippen molar-refractivity contribution in [2.45, 2.75) is 32.3 Å². The molecule has 0 N–H and O–H groups in total. The summed E-state index contributed by atoms with van der Waals surface area (Å²) in [5.74, 6) is 1.44. The number of hydrogen-bond acceptors (Lipinski definition) is 4. The highest BCUT2D eigenvalue weighted by molar-refractivity contribution is 6.32. The fraction of sp³-hybridized carbons (Fsp3) is 0.312. The first kappa shape index (κ1) is 13.5. The van der Waals surface area contributed by atoms with Gasteiger partial charge in [0.25, 0.3) is 0 Å². The molecule has 1 aromatic carbocycles. The molecule has 0 aliphatic heterocycles. The zero-order valence-electron chi connectivity index (χ0n) is 12.2. The van der Waals surface area contributed by atoms with Crippen LogP contribution in [0.5, 0.6) is 6.01 Å². The van der Waals surface area contributed by atoms with Gasteiger partial charge in [0.2, 0.25) is 0 Å². The van der Waals surface area contributed by atoms with Crippen LogP contribution in [0.4, 0.5) is 0 Å². The summed E-state index contributed by atoms with van der Waals surface area (Å²) >= 11 is 6.32. The molecule has 0 spiro atoms. The summed E-state index contributed by atoms with van der Waals surface area (Å²) in [5, 5.41) is 0.479. The summed E-state index contributed by atoms with van der Waals surface area (Å²) in [6.45, 7) is 1.94. The molecule has 1 aliphatic rings. The Balaban J connectivity index is 1.82. The Morgan fingerprint density at radius 2 is 2.05 bits per heavy atom. The summed E-state index contributed by atoms with van der Waals surface area (Å²) in [6.07, 6.45) is 5.15. The SMILES string of the molecule is Cc1nc2ccccc2n1-c1nc(OC2CCC2)ncc1Cl. The van der Waals surface area contributed by atoms with E-state index in [1.807, 2.05) is 35.8 Å². The molecule has 4 rings (SSSR count). The molecule has 0 amide bonds. The number of para-hydroxylation sites is 2. The number of nitrogens with zero attached hydrogens (tertiary/aromatic N) is 4. The number of imidazole rings is 1. The first-order valence-electron chi connectivity index (χ1n) is 7.36. The molecule has 22 heavy (non-hydrogen) atoms. The average Bonchev–Trinajstić information content (AvgIpc) is 2.80. The lowest BCUT2D eigenvalue weighted by molar-refractivity contribution is 0.108. The van der Waals surface area contributed by atoms with Crippen molar-refractivity contribution < 1.29 is 4.74 Å². The Hall–Kier alpha value is -2.14. The Labute approximate surface area is 132 Å². The molecule has 1 saturated carbocycles. The van der Waals surface area contributed by atoms with Crippen molar-refractivity contribution in [3.8, 4) is 11.8 Å². The Morgan fingerprint density at radius 3 is 2.82 bits per heavy atom. The molecule has 0 atom stereocenters. The molecule has 2 heterocycles. The highest BCUT2D eigenvalue weighted by atomic mass is 35.5. The second kappa shape index (κ2) is 5.25. The van der Waals surface area contributed by atoms with Crippen LogP contribution in [0.2, 0.25) is 5.02 Å². The van der Waals surface area contributed by atoms with Crippen LogP contribution in [-0.4, -0.2) is 25.6 Å². The Kier molecular flexibility index (Phi) is 3.22. The monoisotopic (exact) mass is 314 g/mol. The predicted molar refractivity (Wildman–Crippen MR) is 84.7 cm³/mol. The van der Waals surface area contributed by atoms with E-state index in [1.54, 1.807) is 6.20 Å². The van der Waals surface area contributed by atoms with Crippen LogP contribution in [0.15, 0.2) is 30.5 Å². The zero-order chi connectivity index (χ0) is 15.1. The van der Waals surface area contributed by atoms with Crippen LogP contribution >= 0.6 is 11.6 Å². The predicted octanol–water partition coefficient (Wildman–Crippen LogP) is 3.71. The van der Waals surface area contributed by atoms with Crippen molar-refractivity contribution in [1.29, 1.82) is 0 Å². The quantitative estimate of drug-likeness (QED) is 0.739. The molecule has 0 radical (unpaired) electrons. The van der Waals surface area contributed by atoms with E-state index in [0.717, 1.165) is 29.7 Å². The van der Waals surface area contributed by atoms with Gasteiger partial charge >= 0.3 is 6.01 Å². The highest BCUT2D eigenvalue weighted by Crippen LogP contribution is 2.28. The van der Waals surface area contributed by atoms with E-state index in [0.29, 0.717) is 16.9 Å². The third kappa shape index (κ3) is 2.22. The second-order valence-electron chi connectivity index (χ2n) is 5.48. The maximum Gasteiger partial charge on any atom is 0.318 e. The number of fused-ring (bicyclic) bond motifs is 1. The lowest BCUT2D eigenvalue weighted by Crippen LogP contribution is -2.25. The third-order valence-corrected chi connectivity index (χ3v) is 4.23. The van der Waals surface area contributed by atoms with E-state index < -0.39 is 0 Å². The van der Waals surface area contributed by atoms with Crippen LogP contribution in [0.3, 0.4) is 0 Å². The molecular formula is C16H15ClN4O. The van der Waals surface area contributed by atoms with Crippen LogP contribution < -0.4 is 4.74 Å². The molecule has 3 aromatic rings. The minimum atomic E-state index is 0.231. The molecule has 112 valence electrons. The first-order valence-corrected chi connectivity index (χ1v) is 7.74. The molecule has 1 aliphatic carbocycles. The Bertz CT molecular complexity index is 841. The van der Waals surface area contributed by atoms with Crippen LogP contribution in [0.25, 0.3) is 16.9 Å². The largest absolute Gasteiger partial charge is 0.460 e. The van der Waals surface area contributed by atoms with E-state index in [4.69, 9.17) is 16.3 Å². The number of ether oxygens (including phenoxy) is 1. The standard InChI is InChI=1S/C16H15ClN4O/c1-10-19-13-7-2-3-8-14(13)21(10)15-12(17)9-18-16(20-15)22-11-5-4-6-11/h2-3,7-9,11H,4-6H2,1H3. The summed E-state index contributed by atoms with van der Waals surface area (Å²) < 4.78 is 7.72. The minimum absolute atomic E-state index is 0.231. The number of rotatable bonds is 3. The van der Waals surface area contributed by atoms with Crippen LogP contribution in [-0.2, 0) is 0 Å². The number of benzene rings is 1. The van der Waals surface area contributed by atoms with Gasteiger partial charge < -0.3 is 4.74 Å². The van der Waals surface area contributed by atoms with Gasteiger partial charge in [0, 0.05) is 0 Å². The van der Waals surface area contributed by atoms with Crippen molar-refractivity contribution >= 4 is 22.6 Å². The van der Waals surface area contributed by atoms with E-state index in [1.165, 1.54) is 6.42 Å². The summed E-state index contributed by atoms with van der Waals surface area (Å²) in [5.41, 5.74) is 1.88. The van der Waals surface area contributed by atoms with Crippen molar-refractivity contribution in [2.75, 3.05) is 0 Å². The first-order chi connectivity index (χ1) is 10.7. The zero-order valence-corrected chi connectivity index (χ0v) is 12.9. The van der Waals surface area contributed by atoms with Gasteiger partial charge in [-0.25, -0.2) is 9.97 Å². The minimum Gasteiger partial charge on any atom is -0.460 e. The van der Waals surface area contributed by atoms with Gasteiger partial charge in [-0.3, -0.25) is 4.57 Å². The fourth-order valence-corrected chi connectivity index (χ4v) is 2.78. The fourth-order valence-electron chi connectivity index (χ4n) is 2.61. The van der Waals surface area contributed by atoms with Crippen LogP contribution in [0, 0.1) is 6.92 Å². The molecule has 0 unspecified atom stereocenters.